The van der Waals surface area contributed by atoms with Crippen LogP contribution in [0.25, 0.3) is 10.9 Å². The molecule has 7 heteroatoms. The van der Waals surface area contributed by atoms with Gasteiger partial charge in [0, 0.05) is 56.7 Å². The monoisotopic (exact) mass is 375 g/mol. The minimum atomic E-state index is 0.610. The first-order valence-electron chi connectivity index (χ1n) is 9.73. The Morgan fingerprint density at radius 3 is 2.50 bits per heavy atom. The first-order chi connectivity index (χ1) is 13.8. The molecule has 7 nitrogen and oxygen atoms in total. The van der Waals surface area contributed by atoms with Gasteiger partial charge in [-0.3, -0.25) is 4.98 Å². The van der Waals surface area contributed by atoms with Crippen molar-refractivity contribution in [3.63, 3.8) is 0 Å². The predicted octanol–water partition coefficient (Wildman–Crippen LogP) is 2.31. The number of benzene rings is 1. The highest BCUT2D eigenvalue weighted by molar-refractivity contribution is 5.83. The maximum atomic E-state index is 4.90. The van der Waals surface area contributed by atoms with E-state index in [2.05, 4.69) is 61.3 Å². The number of nitrogens with zero attached hydrogens (tertiary/aromatic N) is 6. The highest BCUT2D eigenvalue weighted by atomic mass is 15.4. The van der Waals surface area contributed by atoms with Gasteiger partial charge >= 0.3 is 0 Å². The SMILES string of the molecule is CCNC(=NCc1cccc2cccnc12)N1CCN(c2ncccn2)CC1. The lowest BCUT2D eigenvalue weighted by atomic mass is 10.1. The Morgan fingerprint density at radius 2 is 1.71 bits per heavy atom. The number of piperazine rings is 1. The number of pyridine rings is 1. The quantitative estimate of drug-likeness (QED) is 0.557. The van der Waals surface area contributed by atoms with Crippen molar-refractivity contribution in [1.82, 2.24) is 25.2 Å². The van der Waals surface area contributed by atoms with E-state index in [1.54, 1.807) is 12.4 Å². The molecule has 28 heavy (non-hydrogen) atoms. The summed E-state index contributed by atoms with van der Waals surface area (Å²) in [5.41, 5.74) is 2.17. The molecule has 0 aliphatic carbocycles. The summed E-state index contributed by atoms with van der Waals surface area (Å²) < 4.78 is 0. The van der Waals surface area contributed by atoms with Gasteiger partial charge in [0.1, 0.15) is 0 Å². The van der Waals surface area contributed by atoms with Gasteiger partial charge in [-0.15, -0.1) is 0 Å². The Hall–Kier alpha value is -3.22. The smallest absolute Gasteiger partial charge is 0.225 e. The average Bonchev–Trinajstić information content (AvgIpc) is 2.77. The molecule has 0 atom stereocenters. The standard InChI is InChI=1S/C21H25N7/c1-2-22-20(26-16-18-7-3-6-17-8-4-9-23-19(17)18)27-12-14-28(15-13-27)21-24-10-5-11-25-21/h3-11H,2,12-16H2,1H3,(H,22,26). The van der Waals surface area contributed by atoms with Gasteiger partial charge in [-0.2, -0.15) is 0 Å². The first kappa shape index (κ1) is 18.2. The minimum absolute atomic E-state index is 0.610. The first-order valence-corrected chi connectivity index (χ1v) is 9.73. The highest BCUT2D eigenvalue weighted by Crippen LogP contribution is 2.17. The molecule has 0 radical (unpaired) electrons. The van der Waals surface area contributed by atoms with Crippen LogP contribution in [0.1, 0.15) is 12.5 Å². The second-order valence-electron chi connectivity index (χ2n) is 6.69. The molecule has 0 bridgehead atoms. The zero-order valence-corrected chi connectivity index (χ0v) is 16.1. The van der Waals surface area contributed by atoms with E-state index in [4.69, 9.17) is 4.99 Å². The third-order valence-electron chi connectivity index (χ3n) is 4.86. The second-order valence-corrected chi connectivity index (χ2v) is 6.69. The van der Waals surface area contributed by atoms with Crippen LogP contribution < -0.4 is 10.2 Å². The van der Waals surface area contributed by atoms with E-state index in [1.807, 2.05) is 18.3 Å². The number of anilines is 1. The summed E-state index contributed by atoms with van der Waals surface area (Å²) in [5, 5.41) is 4.58. The molecule has 3 heterocycles. The Kier molecular flexibility index (Phi) is 5.61. The highest BCUT2D eigenvalue weighted by Gasteiger charge is 2.21. The van der Waals surface area contributed by atoms with Gasteiger partial charge in [0.2, 0.25) is 5.95 Å². The predicted molar refractivity (Wildman–Crippen MR) is 112 cm³/mol. The summed E-state index contributed by atoms with van der Waals surface area (Å²) >= 11 is 0. The number of hydrogen-bond acceptors (Lipinski definition) is 5. The van der Waals surface area contributed by atoms with E-state index >= 15 is 0 Å². The fraction of sp³-hybridized carbons (Fsp3) is 0.333. The van der Waals surface area contributed by atoms with Gasteiger partial charge in [-0.05, 0) is 24.6 Å². The summed E-state index contributed by atoms with van der Waals surface area (Å²) in [6.45, 7) is 7.08. The van der Waals surface area contributed by atoms with Crippen LogP contribution in [0.4, 0.5) is 5.95 Å². The molecule has 0 spiro atoms. The zero-order chi connectivity index (χ0) is 19.2. The zero-order valence-electron chi connectivity index (χ0n) is 16.1. The average molecular weight is 375 g/mol. The molecule has 1 saturated heterocycles. The Balaban J connectivity index is 1.47. The fourth-order valence-electron chi connectivity index (χ4n) is 3.45. The summed E-state index contributed by atoms with van der Waals surface area (Å²) in [6.07, 6.45) is 5.42. The van der Waals surface area contributed by atoms with Crippen molar-refractivity contribution in [2.24, 2.45) is 4.99 Å². The molecule has 4 rings (SSSR count). The van der Waals surface area contributed by atoms with Crippen LogP contribution in [0.5, 0.6) is 0 Å². The lowest BCUT2D eigenvalue weighted by Crippen LogP contribution is -2.52. The van der Waals surface area contributed by atoms with Gasteiger partial charge in [0.05, 0.1) is 12.1 Å². The van der Waals surface area contributed by atoms with Crippen LogP contribution in [0.15, 0.2) is 60.0 Å². The van der Waals surface area contributed by atoms with Crippen molar-refractivity contribution in [1.29, 1.82) is 0 Å². The van der Waals surface area contributed by atoms with E-state index in [-0.39, 0.29) is 0 Å². The molecule has 1 aromatic carbocycles. The van der Waals surface area contributed by atoms with Gasteiger partial charge < -0.3 is 15.1 Å². The molecule has 2 aromatic heterocycles. The van der Waals surface area contributed by atoms with Crippen molar-refractivity contribution in [3.8, 4) is 0 Å². The van der Waals surface area contributed by atoms with Gasteiger partial charge in [0.25, 0.3) is 0 Å². The fourth-order valence-corrected chi connectivity index (χ4v) is 3.45. The Morgan fingerprint density at radius 1 is 0.964 bits per heavy atom. The molecule has 0 unspecified atom stereocenters. The van der Waals surface area contributed by atoms with E-state index in [0.29, 0.717) is 6.54 Å². The van der Waals surface area contributed by atoms with Crippen LogP contribution in [-0.4, -0.2) is 58.5 Å². The van der Waals surface area contributed by atoms with Crippen LogP contribution in [0, 0.1) is 0 Å². The number of hydrogen-bond donors (Lipinski definition) is 1. The summed E-state index contributed by atoms with van der Waals surface area (Å²) in [6, 6.07) is 12.2. The van der Waals surface area contributed by atoms with E-state index < -0.39 is 0 Å². The number of aromatic nitrogens is 3. The van der Waals surface area contributed by atoms with Gasteiger partial charge in [-0.25, -0.2) is 15.0 Å². The normalized spacial score (nSPS) is 15.1. The van der Waals surface area contributed by atoms with Crippen LogP contribution in [-0.2, 0) is 6.54 Å². The number of guanidine groups is 1. The Labute approximate surface area is 165 Å². The largest absolute Gasteiger partial charge is 0.357 e. The summed E-state index contributed by atoms with van der Waals surface area (Å²) in [7, 11) is 0. The van der Waals surface area contributed by atoms with E-state index in [1.165, 1.54) is 0 Å². The van der Waals surface area contributed by atoms with Crippen LogP contribution >= 0.6 is 0 Å². The number of fused-ring (bicyclic) bond motifs is 1. The maximum absolute atomic E-state index is 4.90. The lowest BCUT2D eigenvalue weighted by molar-refractivity contribution is 0.370. The third-order valence-corrected chi connectivity index (χ3v) is 4.86. The molecule has 1 N–H and O–H groups in total. The summed E-state index contributed by atoms with van der Waals surface area (Å²) in [5.74, 6) is 1.75. The molecule has 1 aliphatic rings. The van der Waals surface area contributed by atoms with E-state index in [0.717, 1.165) is 61.1 Å². The molecule has 0 saturated carbocycles. The number of aliphatic imine (C=N–C) groups is 1. The molecular formula is C21H25N7. The number of nitrogens with one attached hydrogen (secondary N) is 1. The minimum Gasteiger partial charge on any atom is -0.357 e. The lowest BCUT2D eigenvalue weighted by Gasteiger charge is -2.36. The van der Waals surface area contributed by atoms with Crippen molar-refractivity contribution in [2.75, 3.05) is 37.6 Å². The van der Waals surface area contributed by atoms with Gasteiger partial charge in [-0.1, -0.05) is 24.3 Å². The number of rotatable bonds is 4. The van der Waals surface area contributed by atoms with E-state index in [9.17, 15) is 0 Å². The molecule has 1 aliphatic heterocycles. The summed E-state index contributed by atoms with van der Waals surface area (Å²) in [4.78, 5) is 22.7. The van der Waals surface area contributed by atoms with Crippen molar-refractivity contribution >= 4 is 22.8 Å². The Bertz CT molecular complexity index is 928. The van der Waals surface area contributed by atoms with Gasteiger partial charge in [0.15, 0.2) is 5.96 Å². The molecular weight excluding hydrogens is 350 g/mol. The van der Waals surface area contributed by atoms with Crippen LogP contribution in [0.3, 0.4) is 0 Å². The van der Waals surface area contributed by atoms with Crippen LogP contribution in [0.2, 0.25) is 0 Å². The number of para-hydroxylation sites is 1. The maximum Gasteiger partial charge on any atom is 0.225 e. The molecule has 0 amide bonds. The second kappa shape index (κ2) is 8.65. The molecule has 3 aromatic rings. The third kappa shape index (κ3) is 4.03. The van der Waals surface area contributed by atoms with Crippen molar-refractivity contribution < 1.29 is 0 Å². The molecule has 1 fully saturated rings. The molecule has 144 valence electrons. The van der Waals surface area contributed by atoms with Crippen molar-refractivity contribution in [3.05, 3.63) is 60.6 Å². The topological polar surface area (TPSA) is 69.5 Å². The van der Waals surface area contributed by atoms with Crippen molar-refractivity contribution in [2.45, 2.75) is 13.5 Å².